The maximum Gasteiger partial charge on any atom is 0.243 e. The lowest BCUT2D eigenvalue weighted by molar-refractivity contribution is -0.132. The van der Waals surface area contributed by atoms with Crippen molar-refractivity contribution in [2.24, 2.45) is 5.73 Å². The van der Waals surface area contributed by atoms with Gasteiger partial charge in [0, 0.05) is 18.8 Å². The number of rotatable bonds is 4. The number of anilines is 1. The van der Waals surface area contributed by atoms with Crippen molar-refractivity contribution in [3.8, 4) is 0 Å². The molecule has 5 nitrogen and oxygen atoms in total. The molecule has 0 saturated heterocycles. The maximum absolute atomic E-state index is 12.9. The van der Waals surface area contributed by atoms with E-state index in [1.165, 1.54) is 7.05 Å². The number of likely N-dealkylation sites (N-methyl/N-ethyl adjacent to an activating group) is 1. The maximum atomic E-state index is 12.9. The molecule has 0 saturated carbocycles. The molecule has 1 aromatic rings. The van der Waals surface area contributed by atoms with Crippen LogP contribution in [0.2, 0.25) is 0 Å². The lowest BCUT2D eigenvalue weighted by atomic mass is 10.3. The molecule has 0 fully saturated rings. The summed E-state index contributed by atoms with van der Waals surface area (Å²) in [7, 11) is 1.40. The minimum Gasteiger partial charge on any atom is -0.335 e. The highest BCUT2D eigenvalue weighted by atomic mass is 35.5. The highest BCUT2D eigenvalue weighted by Gasteiger charge is 2.12. The molecule has 0 radical (unpaired) electrons. The molecule has 1 aromatic carbocycles. The second kappa shape index (κ2) is 7.65. The SMILES string of the molecule is CN(CC(=O)Nc1cc(F)cc(F)c1)C(=O)CN.Cl. The topological polar surface area (TPSA) is 75.4 Å². The summed E-state index contributed by atoms with van der Waals surface area (Å²) in [5, 5.41) is 2.28. The van der Waals surface area contributed by atoms with E-state index in [1.54, 1.807) is 0 Å². The first-order valence-corrected chi connectivity index (χ1v) is 5.12. The molecule has 8 heteroatoms. The van der Waals surface area contributed by atoms with Gasteiger partial charge in [0.2, 0.25) is 11.8 Å². The van der Waals surface area contributed by atoms with Crippen LogP contribution in [0.1, 0.15) is 0 Å². The summed E-state index contributed by atoms with van der Waals surface area (Å²) >= 11 is 0. The van der Waals surface area contributed by atoms with Gasteiger partial charge in [-0.3, -0.25) is 9.59 Å². The molecule has 19 heavy (non-hydrogen) atoms. The van der Waals surface area contributed by atoms with Crippen LogP contribution < -0.4 is 11.1 Å². The number of halogens is 3. The largest absolute Gasteiger partial charge is 0.335 e. The van der Waals surface area contributed by atoms with Crippen LogP contribution in [-0.2, 0) is 9.59 Å². The van der Waals surface area contributed by atoms with Crippen LogP contribution in [0.3, 0.4) is 0 Å². The lowest BCUT2D eigenvalue weighted by Gasteiger charge is -2.15. The van der Waals surface area contributed by atoms with Gasteiger partial charge in [-0.2, -0.15) is 0 Å². The standard InChI is InChI=1S/C11H13F2N3O2.ClH/c1-16(11(18)5-14)6-10(17)15-9-3-7(12)2-8(13)4-9;/h2-4H,5-6,14H2,1H3,(H,15,17);1H. The molecule has 0 spiro atoms. The van der Waals surface area contributed by atoms with Crippen molar-refractivity contribution < 1.29 is 18.4 Å². The van der Waals surface area contributed by atoms with Crippen LogP contribution >= 0.6 is 12.4 Å². The number of nitrogens with zero attached hydrogens (tertiary/aromatic N) is 1. The van der Waals surface area contributed by atoms with Gasteiger partial charge in [-0.25, -0.2) is 8.78 Å². The fraction of sp³-hybridized carbons (Fsp3) is 0.273. The molecule has 0 unspecified atom stereocenters. The van der Waals surface area contributed by atoms with Crippen molar-refractivity contribution in [1.82, 2.24) is 4.90 Å². The van der Waals surface area contributed by atoms with E-state index in [1.807, 2.05) is 0 Å². The zero-order valence-electron chi connectivity index (χ0n) is 10.2. The summed E-state index contributed by atoms with van der Waals surface area (Å²) in [6.45, 7) is -0.452. The van der Waals surface area contributed by atoms with Gasteiger partial charge < -0.3 is 16.0 Å². The lowest BCUT2D eigenvalue weighted by Crippen LogP contribution is -2.38. The molecule has 3 N–H and O–H groups in total. The molecular weight excluding hydrogens is 280 g/mol. The molecule has 2 amide bonds. The van der Waals surface area contributed by atoms with Crippen LogP contribution in [0.4, 0.5) is 14.5 Å². The van der Waals surface area contributed by atoms with E-state index in [-0.39, 0.29) is 31.2 Å². The van der Waals surface area contributed by atoms with E-state index >= 15 is 0 Å². The number of nitrogens with two attached hydrogens (primary N) is 1. The number of hydrogen-bond acceptors (Lipinski definition) is 3. The van der Waals surface area contributed by atoms with E-state index in [0.29, 0.717) is 6.07 Å². The molecule has 0 bridgehead atoms. The minimum atomic E-state index is -0.795. The first kappa shape index (κ1) is 17.3. The predicted octanol–water partition coefficient (Wildman–Crippen LogP) is 0.742. The van der Waals surface area contributed by atoms with Gasteiger partial charge in [-0.1, -0.05) is 0 Å². The van der Waals surface area contributed by atoms with Crippen molar-refractivity contribution in [2.75, 3.05) is 25.5 Å². The van der Waals surface area contributed by atoms with Crippen molar-refractivity contribution in [1.29, 1.82) is 0 Å². The van der Waals surface area contributed by atoms with Gasteiger partial charge in [0.05, 0.1) is 13.1 Å². The van der Waals surface area contributed by atoms with Gasteiger partial charge in [0.25, 0.3) is 0 Å². The molecule has 106 valence electrons. The van der Waals surface area contributed by atoms with E-state index < -0.39 is 23.4 Å². The Bertz CT molecular complexity index is 451. The Labute approximate surface area is 115 Å². The number of nitrogens with one attached hydrogen (secondary N) is 1. The second-order valence-corrected chi connectivity index (χ2v) is 3.66. The van der Waals surface area contributed by atoms with Crippen molar-refractivity contribution in [3.63, 3.8) is 0 Å². The molecule has 0 aliphatic rings. The summed E-state index contributed by atoms with van der Waals surface area (Å²) in [5.41, 5.74) is 5.11. The Kier molecular flexibility index (Phi) is 6.95. The number of benzene rings is 1. The van der Waals surface area contributed by atoms with Crippen LogP contribution in [0.15, 0.2) is 18.2 Å². The fourth-order valence-corrected chi connectivity index (χ4v) is 1.29. The first-order valence-electron chi connectivity index (χ1n) is 5.12. The summed E-state index contributed by atoms with van der Waals surface area (Å²) in [4.78, 5) is 23.7. The quantitative estimate of drug-likeness (QED) is 0.860. The Morgan fingerprint density at radius 1 is 1.26 bits per heavy atom. The molecular formula is C11H14ClF2N3O2. The van der Waals surface area contributed by atoms with Crippen molar-refractivity contribution in [2.45, 2.75) is 0 Å². The zero-order chi connectivity index (χ0) is 13.7. The molecule has 0 atom stereocenters. The van der Waals surface area contributed by atoms with E-state index in [9.17, 15) is 18.4 Å². The highest BCUT2D eigenvalue weighted by Crippen LogP contribution is 2.12. The van der Waals surface area contributed by atoms with E-state index in [4.69, 9.17) is 5.73 Å². The first-order chi connectivity index (χ1) is 8.42. The zero-order valence-corrected chi connectivity index (χ0v) is 11.0. The predicted molar refractivity (Wildman–Crippen MR) is 68.9 cm³/mol. The Morgan fingerprint density at radius 3 is 2.26 bits per heavy atom. The number of carbonyl (C=O) groups excluding carboxylic acids is 2. The normalized spacial score (nSPS) is 9.47. The molecule has 0 aliphatic heterocycles. The van der Waals surface area contributed by atoms with Gasteiger partial charge in [0.15, 0.2) is 0 Å². The minimum absolute atomic E-state index is 0. The summed E-state index contributed by atoms with van der Waals surface area (Å²) in [6.07, 6.45) is 0. The third-order valence-corrected chi connectivity index (χ3v) is 2.13. The average Bonchev–Trinajstić information content (AvgIpc) is 2.25. The third-order valence-electron chi connectivity index (χ3n) is 2.13. The number of carbonyl (C=O) groups is 2. The Balaban J connectivity index is 0.00000324. The monoisotopic (exact) mass is 293 g/mol. The molecule has 0 aliphatic carbocycles. The second-order valence-electron chi connectivity index (χ2n) is 3.66. The van der Waals surface area contributed by atoms with E-state index in [2.05, 4.69) is 5.32 Å². The van der Waals surface area contributed by atoms with E-state index in [0.717, 1.165) is 17.0 Å². The fourth-order valence-electron chi connectivity index (χ4n) is 1.29. The molecule has 0 aromatic heterocycles. The Hall–Kier alpha value is -1.73. The van der Waals surface area contributed by atoms with Crippen LogP contribution in [0, 0.1) is 11.6 Å². The summed E-state index contributed by atoms with van der Waals surface area (Å²) in [6, 6.07) is 2.65. The van der Waals surface area contributed by atoms with Crippen LogP contribution in [0.5, 0.6) is 0 Å². The average molecular weight is 294 g/mol. The number of amides is 2. The van der Waals surface area contributed by atoms with Crippen LogP contribution in [-0.4, -0.2) is 36.9 Å². The molecule has 1 rings (SSSR count). The number of hydrogen-bond donors (Lipinski definition) is 2. The van der Waals surface area contributed by atoms with Gasteiger partial charge in [-0.15, -0.1) is 12.4 Å². The third kappa shape index (κ3) is 5.62. The van der Waals surface area contributed by atoms with Crippen molar-refractivity contribution >= 4 is 29.9 Å². The van der Waals surface area contributed by atoms with Gasteiger partial charge in [-0.05, 0) is 12.1 Å². The summed E-state index contributed by atoms with van der Waals surface area (Å²) in [5.74, 6) is -2.56. The molecule has 0 heterocycles. The highest BCUT2D eigenvalue weighted by molar-refractivity contribution is 5.94. The van der Waals surface area contributed by atoms with Gasteiger partial charge >= 0.3 is 0 Å². The smallest absolute Gasteiger partial charge is 0.243 e. The Morgan fingerprint density at radius 2 is 1.79 bits per heavy atom. The summed E-state index contributed by atoms with van der Waals surface area (Å²) < 4.78 is 25.7. The van der Waals surface area contributed by atoms with Gasteiger partial charge in [0.1, 0.15) is 11.6 Å². The van der Waals surface area contributed by atoms with Crippen LogP contribution in [0.25, 0.3) is 0 Å². The van der Waals surface area contributed by atoms with Crippen molar-refractivity contribution in [3.05, 3.63) is 29.8 Å².